The lowest BCUT2D eigenvalue weighted by Crippen LogP contribution is -2.50. The van der Waals surface area contributed by atoms with Gasteiger partial charge in [0.05, 0.1) is 5.69 Å². The third-order valence-corrected chi connectivity index (χ3v) is 7.55. The molecule has 0 radical (unpaired) electrons. The van der Waals surface area contributed by atoms with Crippen molar-refractivity contribution in [2.24, 2.45) is 0 Å². The van der Waals surface area contributed by atoms with Crippen molar-refractivity contribution in [1.29, 1.82) is 0 Å². The lowest BCUT2D eigenvalue weighted by molar-refractivity contribution is -0.120. The molecule has 2 aromatic heterocycles. The molecule has 1 aliphatic rings. The van der Waals surface area contributed by atoms with E-state index in [4.69, 9.17) is 0 Å². The molecule has 11 nitrogen and oxygen atoms in total. The van der Waals surface area contributed by atoms with E-state index in [-0.39, 0.29) is 18.2 Å². The summed E-state index contributed by atoms with van der Waals surface area (Å²) in [5.41, 5.74) is 7.28. The number of amides is 4. The first-order chi connectivity index (χ1) is 22.4. The van der Waals surface area contributed by atoms with Crippen molar-refractivity contribution < 1.29 is 14.4 Å². The van der Waals surface area contributed by atoms with Gasteiger partial charge in [0.2, 0.25) is 11.9 Å². The summed E-state index contributed by atoms with van der Waals surface area (Å²) in [7, 11) is 0. The van der Waals surface area contributed by atoms with Gasteiger partial charge in [0.1, 0.15) is 0 Å². The molecule has 0 unspecified atom stereocenters. The molecule has 3 aromatic carbocycles. The molecule has 5 aromatic rings. The Labute approximate surface area is 266 Å². The summed E-state index contributed by atoms with van der Waals surface area (Å²) in [6.45, 7) is 3.41. The van der Waals surface area contributed by atoms with E-state index in [9.17, 15) is 14.4 Å². The molecule has 230 valence electrons. The summed E-state index contributed by atoms with van der Waals surface area (Å²) in [6.07, 6.45) is 5.43. The van der Waals surface area contributed by atoms with Gasteiger partial charge in [-0.1, -0.05) is 36.4 Å². The fourth-order valence-electron chi connectivity index (χ4n) is 5.09. The van der Waals surface area contributed by atoms with Crippen LogP contribution < -0.4 is 26.2 Å². The largest absolute Gasteiger partial charge is 0.328 e. The molecule has 0 atom stereocenters. The van der Waals surface area contributed by atoms with E-state index in [0.717, 1.165) is 39.3 Å². The summed E-state index contributed by atoms with van der Waals surface area (Å²) in [5.74, 6) is -0.0469. The summed E-state index contributed by atoms with van der Waals surface area (Å²) < 4.78 is 0. The van der Waals surface area contributed by atoms with Gasteiger partial charge in [-0.25, -0.2) is 14.8 Å². The Morgan fingerprint density at radius 3 is 2.59 bits per heavy atom. The second kappa shape index (κ2) is 13.8. The van der Waals surface area contributed by atoms with E-state index in [1.54, 1.807) is 35.6 Å². The predicted molar refractivity (Wildman–Crippen MR) is 177 cm³/mol. The summed E-state index contributed by atoms with van der Waals surface area (Å²) in [4.78, 5) is 51.7. The van der Waals surface area contributed by atoms with E-state index in [1.165, 1.54) is 0 Å². The van der Waals surface area contributed by atoms with Crippen molar-refractivity contribution in [1.82, 2.24) is 25.6 Å². The lowest BCUT2D eigenvalue weighted by atomic mass is 10.1. The summed E-state index contributed by atoms with van der Waals surface area (Å²) in [5, 5.41) is 12.0. The number of para-hydroxylation sites is 1. The number of carbonyl (C=O) groups is 3. The molecule has 6 rings (SSSR count). The zero-order chi connectivity index (χ0) is 31.9. The van der Waals surface area contributed by atoms with Crippen LogP contribution in [0.2, 0.25) is 0 Å². The predicted octanol–water partition coefficient (Wildman–Crippen LogP) is 5.58. The quantitative estimate of drug-likeness (QED) is 0.160. The minimum atomic E-state index is -0.406. The fraction of sp³-hybridized carbons (Fsp3) is 0.143. The van der Waals surface area contributed by atoms with Crippen LogP contribution in [0.3, 0.4) is 0 Å². The molecule has 0 bridgehead atoms. The summed E-state index contributed by atoms with van der Waals surface area (Å²) >= 11 is 0. The Balaban J connectivity index is 1.05. The smallest absolute Gasteiger partial charge is 0.324 e. The van der Waals surface area contributed by atoms with E-state index in [0.29, 0.717) is 36.8 Å². The highest BCUT2D eigenvalue weighted by atomic mass is 16.2. The highest BCUT2D eigenvalue weighted by Gasteiger charge is 2.25. The Bertz CT molecular complexity index is 1880. The van der Waals surface area contributed by atoms with Crippen LogP contribution >= 0.6 is 0 Å². The molecule has 0 spiro atoms. The van der Waals surface area contributed by atoms with Crippen LogP contribution in [0, 0.1) is 6.92 Å². The van der Waals surface area contributed by atoms with Crippen molar-refractivity contribution in [3.63, 3.8) is 0 Å². The molecule has 3 heterocycles. The van der Waals surface area contributed by atoms with Gasteiger partial charge in [-0.3, -0.25) is 24.8 Å². The fourth-order valence-corrected chi connectivity index (χ4v) is 5.09. The van der Waals surface area contributed by atoms with Crippen molar-refractivity contribution in [2.75, 3.05) is 22.1 Å². The molecule has 0 saturated carbocycles. The number of hydrogen-bond donors (Lipinski definition) is 4. The molecule has 1 fully saturated rings. The number of carbonyl (C=O) groups excluding carboxylic acids is 3. The molecule has 0 aliphatic carbocycles. The van der Waals surface area contributed by atoms with Crippen LogP contribution in [0.25, 0.3) is 11.3 Å². The van der Waals surface area contributed by atoms with Gasteiger partial charge in [-0.15, -0.1) is 0 Å². The first-order valence-corrected chi connectivity index (χ1v) is 14.8. The van der Waals surface area contributed by atoms with Crippen LogP contribution in [0.5, 0.6) is 0 Å². The summed E-state index contributed by atoms with van der Waals surface area (Å²) in [6, 6.07) is 25.9. The van der Waals surface area contributed by atoms with Gasteiger partial charge in [0.25, 0.3) is 5.91 Å². The van der Waals surface area contributed by atoms with Gasteiger partial charge in [0, 0.05) is 72.8 Å². The maximum Gasteiger partial charge on any atom is 0.328 e. The van der Waals surface area contributed by atoms with Gasteiger partial charge in [0.15, 0.2) is 0 Å². The normalized spacial score (nSPS) is 12.8. The minimum Gasteiger partial charge on any atom is -0.324 e. The Kier molecular flexibility index (Phi) is 9.02. The SMILES string of the molecule is Cc1ccc(NC(=O)c2ccc(CNCc3ccccc3N3CCC(=O)NC3=O)cc2)cc1Nc1nccc(-c2cccnc2)n1. The van der Waals surface area contributed by atoms with Crippen LogP contribution in [0.15, 0.2) is 104 Å². The minimum absolute atomic E-state index is 0.226. The number of imide groups is 1. The third kappa shape index (κ3) is 7.22. The van der Waals surface area contributed by atoms with Crippen LogP contribution in [0.4, 0.5) is 27.8 Å². The number of nitrogens with zero attached hydrogens (tertiary/aromatic N) is 4. The maximum absolute atomic E-state index is 13.1. The Morgan fingerprint density at radius 1 is 0.935 bits per heavy atom. The van der Waals surface area contributed by atoms with Crippen molar-refractivity contribution in [3.8, 4) is 11.3 Å². The second-order valence-electron chi connectivity index (χ2n) is 10.8. The zero-order valence-corrected chi connectivity index (χ0v) is 25.2. The van der Waals surface area contributed by atoms with Crippen molar-refractivity contribution >= 4 is 40.9 Å². The van der Waals surface area contributed by atoms with Crippen LogP contribution in [0.1, 0.15) is 33.5 Å². The van der Waals surface area contributed by atoms with Gasteiger partial charge < -0.3 is 16.0 Å². The van der Waals surface area contributed by atoms with Gasteiger partial charge in [-0.05, 0) is 72.1 Å². The topological polar surface area (TPSA) is 141 Å². The van der Waals surface area contributed by atoms with Gasteiger partial charge >= 0.3 is 6.03 Å². The number of benzene rings is 3. The molecule has 11 heteroatoms. The Morgan fingerprint density at radius 2 is 1.78 bits per heavy atom. The van der Waals surface area contributed by atoms with Crippen molar-refractivity contribution in [3.05, 3.63) is 126 Å². The average molecular weight is 613 g/mol. The highest BCUT2D eigenvalue weighted by molar-refractivity contribution is 6.06. The number of aromatic nitrogens is 3. The number of nitrogens with one attached hydrogen (secondary N) is 4. The molecule has 4 N–H and O–H groups in total. The molecule has 46 heavy (non-hydrogen) atoms. The van der Waals surface area contributed by atoms with E-state index in [1.807, 2.05) is 79.7 Å². The van der Waals surface area contributed by atoms with Gasteiger partial charge in [-0.2, -0.15) is 0 Å². The molecular weight excluding hydrogens is 580 g/mol. The molecule has 1 aliphatic heterocycles. The first-order valence-electron chi connectivity index (χ1n) is 14.8. The zero-order valence-electron chi connectivity index (χ0n) is 25.2. The number of urea groups is 1. The number of anilines is 4. The second-order valence-corrected chi connectivity index (χ2v) is 10.8. The Hall–Kier alpha value is -5.94. The standard InChI is InChI=1S/C35H32N8O3/c1-23-8-13-28(19-30(23)41-34-38-17-14-29(40-34)26-6-4-16-36-21-26)39-33(45)25-11-9-24(10-12-25)20-37-22-27-5-2-3-7-31(27)43-18-15-32(44)42-35(43)46/h2-14,16-17,19,21,37H,15,18,20,22H2,1H3,(H,39,45)(H,38,40,41)(H,42,44,46). The van der Waals surface area contributed by atoms with Crippen molar-refractivity contribution in [2.45, 2.75) is 26.4 Å². The first kappa shape index (κ1) is 30.1. The van der Waals surface area contributed by atoms with E-state index >= 15 is 0 Å². The molecule has 4 amide bonds. The lowest BCUT2D eigenvalue weighted by Gasteiger charge is -2.28. The van der Waals surface area contributed by atoms with Crippen LogP contribution in [-0.4, -0.2) is 39.3 Å². The number of hydrogen-bond acceptors (Lipinski definition) is 8. The van der Waals surface area contributed by atoms with E-state index < -0.39 is 6.03 Å². The van der Waals surface area contributed by atoms with E-state index in [2.05, 4.69) is 36.2 Å². The number of pyridine rings is 1. The number of rotatable bonds is 10. The highest BCUT2D eigenvalue weighted by Crippen LogP contribution is 2.25. The monoisotopic (exact) mass is 612 g/mol. The molecule has 1 saturated heterocycles. The maximum atomic E-state index is 13.1. The molecular formula is C35H32N8O3. The number of aryl methyl sites for hydroxylation is 1. The van der Waals surface area contributed by atoms with Crippen LogP contribution in [-0.2, 0) is 17.9 Å². The third-order valence-electron chi connectivity index (χ3n) is 7.55. The average Bonchev–Trinajstić information content (AvgIpc) is 3.07.